The molecule has 0 aromatic heterocycles. The Morgan fingerprint density at radius 1 is 1.42 bits per heavy atom. The number of aryl methyl sites for hydroxylation is 1. The Morgan fingerprint density at radius 2 is 2.11 bits per heavy atom. The molecule has 3 nitrogen and oxygen atoms in total. The van der Waals surface area contributed by atoms with Crippen LogP contribution in [0.4, 0.5) is 5.69 Å². The molecule has 0 bridgehead atoms. The molecule has 1 N–H and O–H groups in total. The Kier molecular flexibility index (Phi) is 5.38. The molecular weight excluding hydrogens is 234 g/mol. The highest BCUT2D eigenvalue weighted by molar-refractivity contribution is 5.47. The molecule has 1 aromatic carbocycles. The molecule has 19 heavy (non-hydrogen) atoms. The summed E-state index contributed by atoms with van der Waals surface area (Å²) in [5.41, 5.74) is 1.99. The van der Waals surface area contributed by atoms with Gasteiger partial charge in [0.15, 0.2) is 0 Å². The van der Waals surface area contributed by atoms with Gasteiger partial charge in [0.1, 0.15) is 5.54 Å². The minimum Gasteiger partial charge on any atom is -0.374 e. The average molecular weight is 259 g/mol. The third-order valence-electron chi connectivity index (χ3n) is 3.24. The molecule has 0 radical (unpaired) electrons. The van der Waals surface area contributed by atoms with Crippen molar-refractivity contribution in [2.75, 3.05) is 18.5 Å². The van der Waals surface area contributed by atoms with Crippen LogP contribution in [0, 0.1) is 18.3 Å². The van der Waals surface area contributed by atoms with Crippen LogP contribution in [0.5, 0.6) is 0 Å². The molecular formula is C16H25N3. The maximum atomic E-state index is 9.33. The van der Waals surface area contributed by atoms with E-state index >= 15 is 0 Å². The van der Waals surface area contributed by atoms with Crippen molar-refractivity contribution in [1.29, 1.82) is 5.26 Å². The molecule has 0 aliphatic rings. The van der Waals surface area contributed by atoms with E-state index in [1.54, 1.807) is 0 Å². The highest BCUT2D eigenvalue weighted by atomic mass is 15.1. The van der Waals surface area contributed by atoms with Gasteiger partial charge in [-0.2, -0.15) is 5.26 Å². The number of hydrogen-bond acceptors (Lipinski definition) is 3. The second-order valence-corrected chi connectivity index (χ2v) is 5.75. The van der Waals surface area contributed by atoms with Crippen molar-refractivity contribution in [3.05, 3.63) is 29.8 Å². The molecule has 0 spiro atoms. The Morgan fingerprint density at radius 3 is 2.63 bits per heavy atom. The summed E-state index contributed by atoms with van der Waals surface area (Å²) in [5.74, 6) is 0. The molecule has 0 saturated carbocycles. The number of nitrogens with one attached hydrogen (secondary N) is 1. The Hall–Kier alpha value is -1.53. The summed E-state index contributed by atoms with van der Waals surface area (Å²) >= 11 is 0. The molecule has 1 rings (SSSR count). The lowest BCUT2D eigenvalue weighted by atomic mass is 9.98. The van der Waals surface area contributed by atoms with Crippen LogP contribution in [0.25, 0.3) is 0 Å². The predicted molar refractivity (Wildman–Crippen MR) is 81.4 cm³/mol. The van der Waals surface area contributed by atoms with E-state index in [-0.39, 0.29) is 0 Å². The zero-order valence-corrected chi connectivity index (χ0v) is 12.7. The smallest absolute Gasteiger partial charge is 0.105 e. The second-order valence-electron chi connectivity index (χ2n) is 5.75. The third kappa shape index (κ3) is 4.92. The molecule has 0 aliphatic heterocycles. The monoisotopic (exact) mass is 259 g/mol. The van der Waals surface area contributed by atoms with Crippen molar-refractivity contribution in [3.63, 3.8) is 0 Å². The van der Waals surface area contributed by atoms with E-state index in [0.29, 0.717) is 6.04 Å². The molecule has 0 saturated heterocycles. The van der Waals surface area contributed by atoms with Crippen molar-refractivity contribution < 1.29 is 0 Å². The summed E-state index contributed by atoms with van der Waals surface area (Å²) in [4.78, 5) is 2.20. The Bertz CT molecular complexity index is 448. The van der Waals surface area contributed by atoms with Gasteiger partial charge in [0.25, 0.3) is 0 Å². The van der Waals surface area contributed by atoms with E-state index in [4.69, 9.17) is 0 Å². The van der Waals surface area contributed by atoms with Crippen molar-refractivity contribution in [1.82, 2.24) is 5.32 Å². The number of nitriles is 1. The standard InChI is InChI=1S/C16H25N3/c1-13(2)18-16(4,12-17)9-10-19(5)15-8-6-7-14(3)11-15/h6-8,11,13,18H,9-10H2,1-5H3. The summed E-state index contributed by atoms with van der Waals surface area (Å²) < 4.78 is 0. The quantitative estimate of drug-likeness (QED) is 0.853. The maximum Gasteiger partial charge on any atom is 0.105 e. The van der Waals surface area contributed by atoms with Crippen molar-refractivity contribution in [2.24, 2.45) is 0 Å². The fraction of sp³-hybridized carbons (Fsp3) is 0.562. The molecule has 0 amide bonds. The molecule has 1 aromatic rings. The maximum absolute atomic E-state index is 9.33. The SMILES string of the molecule is Cc1cccc(N(C)CCC(C)(C#N)NC(C)C)c1. The lowest BCUT2D eigenvalue weighted by Gasteiger charge is -2.29. The van der Waals surface area contributed by atoms with Crippen LogP contribution in [0.1, 0.15) is 32.8 Å². The van der Waals surface area contributed by atoms with Crippen LogP contribution in [-0.4, -0.2) is 25.2 Å². The van der Waals surface area contributed by atoms with Crippen LogP contribution in [0.3, 0.4) is 0 Å². The lowest BCUT2D eigenvalue weighted by molar-refractivity contribution is 0.384. The van der Waals surface area contributed by atoms with Gasteiger partial charge in [-0.25, -0.2) is 0 Å². The van der Waals surface area contributed by atoms with Gasteiger partial charge in [-0.05, 0) is 51.8 Å². The first-order valence-electron chi connectivity index (χ1n) is 6.83. The zero-order valence-electron chi connectivity index (χ0n) is 12.7. The van der Waals surface area contributed by atoms with Crippen molar-refractivity contribution in [2.45, 2.75) is 45.7 Å². The van der Waals surface area contributed by atoms with Crippen molar-refractivity contribution in [3.8, 4) is 6.07 Å². The van der Waals surface area contributed by atoms with Crippen LogP contribution < -0.4 is 10.2 Å². The van der Waals surface area contributed by atoms with Gasteiger partial charge >= 0.3 is 0 Å². The van der Waals surface area contributed by atoms with Gasteiger partial charge in [0.2, 0.25) is 0 Å². The molecule has 3 heteroatoms. The van der Waals surface area contributed by atoms with Crippen LogP contribution in [0.15, 0.2) is 24.3 Å². The van der Waals surface area contributed by atoms with Gasteiger partial charge < -0.3 is 4.90 Å². The normalized spacial score (nSPS) is 13.9. The zero-order chi connectivity index (χ0) is 14.5. The van der Waals surface area contributed by atoms with Gasteiger partial charge in [-0.15, -0.1) is 0 Å². The van der Waals surface area contributed by atoms with Gasteiger partial charge in [0.05, 0.1) is 6.07 Å². The summed E-state index contributed by atoms with van der Waals surface area (Å²) in [6.07, 6.45) is 0.798. The summed E-state index contributed by atoms with van der Waals surface area (Å²) in [6.45, 7) is 9.06. The van der Waals surface area contributed by atoms with E-state index in [1.807, 2.05) is 6.92 Å². The number of hydrogen-bond donors (Lipinski definition) is 1. The van der Waals surface area contributed by atoms with E-state index in [2.05, 4.69) is 68.4 Å². The van der Waals surface area contributed by atoms with E-state index in [9.17, 15) is 5.26 Å². The van der Waals surface area contributed by atoms with E-state index in [1.165, 1.54) is 11.3 Å². The highest BCUT2D eigenvalue weighted by Gasteiger charge is 2.24. The highest BCUT2D eigenvalue weighted by Crippen LogP contribution is 2.17. The van der Waals surface area contributed by atoms with Crippen molar-refractivity contribution >= 4 is 5.69 Å². The first-order valence-corrected chi connectivity index (χ1v) is 6.83. The number of rotatable bonds is 6. The van der Waals surface area contributed by atoms with Gasteiger partial charge in [-0.3, -0.25) is 5.32 Å². The summed E-state index contributed by atoms with van der Waals surface area (Å²) in [7, 11) is 2.07. The Labute approximate surface area is 117 Å². The molecule has 0 heterocycles. The van der Waals surface area contributed by atoms with Crippen LogP contribution in [-0.2, 0) is 0 Å². The third-order valence-corrected chi connectivity index (χ3v) is 3.24. The largest absolute Gasteiger partial charge is 0.374 e. The molecule has 1 unspecified atom stereocenters. The Balaban J connectivity index is 2.63. The molecule has 0 aliphatic carbocycles. The topological polar surface area (TPSA) is 39.1 Å². The first kappa shape index (κ1) is 15.5. The van der Waals surface area contributed by atoms with Crippen LogP contribution in [0.2, 0.25) is 0 Å². The first-order chi connectivity index (χ1) is 8.86. The fourth-order valence-electron chi connectivity index (χ4n) is 2.18. The minimum atomic E-state index is -0.466. The van der Waals surface area contributed by atoms with E-state index in [0.717, 1.165) is 13.0 Å². The molecule has 1 atom stereocenters. The van der Waals surface area contributed by atoms with Crippen LogP contribution >= 0.6 is 0 Å². The summed E-state index contributed by atoms with van der Waals surface area (Å²) in [5, 5.41) is 12.7. The number of nitrogens with zero attached hydrogens (tertiary/aromatic N) is 2. The average Bonchev–Trinajstić information content (AvgIpc) is 2.35. The number of benzene rings is 1. The molecule has 0 fully saturated rings. The molecule has 104 valence electrons. The van der Waals surface area contributed by atoms with Gasteiger partial charge in [0, 0.05) is 25.3 Å². The fourth-order valence-corrected chi connectivity index (χ4v) is 2.18. The lowest BCUT2D eigenvalue weighted by Crippen LogP contribution is -2.46. The number of anilines is 1. The van der Waals surface area contributed by atoms with Gasteiger partial charge in [-0.1, -0.05) is 12.1 Å². The second kappa shape index (κ2) is 6.58. The predicted octanol–water partition coefficient (Wildman–Crippen LogP) is 3.10. The summed E-state index contributed by atoms with van der Waals surface area (Å²) in [6, 6.07) is 11.1. The minimum absolute atomic E-state index is 0.314. The van der Waals surface area contributed by atoms with E-state index < -0.39 is 5.54 Å².